The highest BCUT2D eigenvalue weighted by molar-refractivity contribution is 7.89. The Labute approximate surface area is 133 Å². The van der Waals surface area contributed by atoms with Gasteiger partial charge >= 0.3 is 0 Å². The monoisotopic (exact) mass is 329 g/mol. The predicted octanol–water partition coefficient (Wildman–Crippen LogP) is 2.47. The average molecular weight is 329 g/mol. The number of hydrogen-bond acceptors (Lipinski definition) is 5. The molecule has 0 radical (unpaired) electrons. The SMILES string of the molecule is Cc1onc(-c2ccccc2)c1-c1ccc(S(=O)(=O)NN)cc1. The fourth-order valence-corrected chi connectivity index (χ4v) is 3.00. The van der Waals surface area contributed by atoms with Gasteiger partial charge in [-0.3, -0.25) is 5.84 Å². The van der Waals surface area contributed by atoms with Crippen molar-refractivity contribution in [2.24, 2.45) is 5.84 Å². The van der Waals surface area contributed by atoms with Crippen LogP contribution in [0, 0.1) is 6.92 Å². The van der Waals surface area contributed by atoms with Crippen LogP contribution < -0.4 is 10.7 Å². The highest BCUT2D eigenvalue weighted by Crippen LogP contribution is 2.34. The van der Waals surface area contributed by atoms with Gasteiger partial charge in [0.05, 0.1) is 10.5 Å². The number of nitrogens with two attached hydrogens (primary N) is 1. The van der Waals surface area contributed by atoms with Gasteiger partial charge in [0.25, 0.3) is 10.0 Å². The zero-order chi connectivity index (χ0) is 16.4. The maximum Gasteiger partial charge on any atom is 0.253 e. The summed E-state index contributed by atoms with van der Waals surface area (Å²) in [6.07, 6.45) is 0. The van der Waals surface area contributed by atoms with Crippen LogP contribution in [0.3, 0.4) is 0 Å². The van der Waals surface area contributed by atoms with Gasteiger partial charge in [-0.05, 0) is 24.6 Å². The first kappa shape index (κ1) is 15.4. The number of rotatable bonds is 4. The Bertz CT molecular complexity index is 917. The van der Waals surface area contributed by atoms with Gasteiger partial charge in [-0.15, -0.1) is 0 Å². The second kappa shape index (κ2) is 5.96. The lowest BCUT2D eigenvalue weighted by molar-refractivity contribution is 0.400. The summed E-state index contributed by atoms with van der Waals surface area (Å²) < 4.78 is 28.7. The van der Waals surface area contributed by atoms with Crippen LogP contribution in [0.2, 0.25) is 0 Å². The number of nitrogens with one attached hydrogen (secondary N) is 1. The predicted molar refractivity (Wildman–Crippen MR) is 86.6 cm³/mol. The third-order valence-corrected chi connectivity index (χ3v) is 4.72. The van der Waals surface area contributed by atoms with E-state index in [4.69, 9.17) is 10.4 Å². The number of sulfonamides is 1. The van der Waals surface area contributed by atoms with Gasteiger partial charge < -0.3 is 4.52 Å². The second-order valence-electron chi connectivity index (χ2n) is 4.97. The molecule has 0 spiro atoms. The van der Waals surface area contributed by atoms with Crippen molar-refractivity contribution in [2.75, 3.05) is 0 Å². The van der Waals surface area contributed by atoms with Crippen LogP contribution in [-0.4, -0.2) is 13.6 Å². The molecule has 0 unspecified atom stereocenters. The molecule has 0 aliphatic carbocycles. The Hall–Kier alpha value is -2.48. The number of hydrogen-bond donors (Lipinski definition) is 2. The zero-order valence-electron chi connectivity index (χ0n) is 12.4. The third-order valence-electron chi connectivity index (χ3n) is 3.52. The summed E-state index contributed by atoms with van der Waals surface area (Å²) in [5, 5.41) is 4.12. The van der Waals surface area contributed by atoms with Crippen LogP contribution in [0.1, 0.15) is 5.76 Å². The fraction of sp³-hybridized carbons (Fsp3) is 0.0625. The molecule has 0 fully saturated rings. The average Bonchev–Trinajstić information content (AvgIpc) is 2.97. The Morgan fingerprint density at radius 2 is 1.65 bits per heavy atom. The van der Waals surface area contributed by atoms with Crippen molar-refractivity contribution in [1.29, 1.82) is 0 Å². The van der Waals surface area contributed by atoms with Gasteiger partial charge in [0.15, 0.2) is 0 Å². The van der Waals surface area contributed by atoms with Gasteiger partial charge in [-0.2, -0.15) is 4.83 Å². The van der Waals surface area contributed by atoms with Crippen molar-refractivity contribution < 1.29 is 12.9 Å². The van der Waals surface area contributed by atoms with E-state index in [-0.39, 0.29) is 4.90 Å². The molecule has 0 bridgehead atoms. The van der Waals surface area contributed by atoms with E-state index in [9.17, 15) is 8.42 Å². The van der Waals surface area contributed by atoms with E-state index in [1.54, 1.807) is 17.0 Å². The van der Waals surface area contributed by atoms with Crippen LogP contribution in [0.4, 0.5) is 0 Å². The molecule has 0 amide bonds. The molecule has 0 saturated heterocycles. The Kier molecular flexibility index (Phi) is 3.99. The molecule has 2 aromatic carbocycles. The Morgan fingerprint density at radius 3 is 2.26 bits per heavy atom. The highest BCUT2D eigenvalue weighted by Gasteiger charge is 2.18. The van der Waals surface area contributed by atoms with Gasteiger partial charge in [0.2, 0.25) is 0 Å². The minimum absolute atomic E-state index is 0.0964. The van der Waals surface area contributed by atoms with E-state index < -0.39 is 10.0 Å². The first-order valence-corrected chi connectivity index (χ1v) is 8.36. The molecule has 0 saturated carbocycles. The molecule has 118 valence electrons. The maximum atomic E-state index is 11.7. The second-order valence-corrected chi connectivity index (χ2v) is 6.69. The van der Waals surface area contributed by atoms with Crippen LogP contribution in [0.5, 0.6) is 0 Å². The van der Waals surface area contributed by atoms with Crippen LogP contribution >= 0.6 is 0 Å². The quantitative estimate of drug-likeness (QED) is 0.566. The first-order chi connectivity index (χ1) is 11.0. The Balaban J connectivity index is 2.08. The molecular weight excluding hydrogens is 314 g/mol. The number of aryl methyl sites for hydroxylation is 1. The van der Waals surface area contributed by atoms with E-state index in [1.807, 2.05) is 37.3 Å². The van der Waals surface area contributed by atoms with Crippen LogP contribution in [0.15, 0.2) is 64.0 Å². The van der Waals surface area contributed by atoms with E-state index in [1.165, 1.54) is 12.1 Å². The molecule has 3 N–H and O–H groups in total. The lowest BCUT2D eigenvalue weighted by Gasteiger charge is -2.06. The van der Waals surface area contributed by atoms with E-state index >= 15 is 0 Å². The summed E-state index contributed by atoms with van der Waals surface area (Å²) in [5.74, 6) is 5.70. The lowest BCUT2D eigenvalue weighted by atomic mass is 10.00. The fourth-order valence-electron chi connectivity index (χ4n) is 2.37. The molecule has 6 nitrogen and oxygen atoms in total. The molecule has 3 rings (SSSR count). The van der Waals surface area contributed by atoms with E-state index in [2.05, 4.69) is 5.16 Å². The van der Waals surface area contributed by atoms with Gasteiger partial charge in [0.1, 0.15) is 11.5 Å². The number of nitrogens with zero attached hydrogens (tertiary/aromatic N) is 1. The molecule has 1 aromatic heterocycles. The smallest absolute Gasteiger partial charge is 0.253 e. The Morgan fingerprint density at radius 1 is 1.00 bits per heavy atom. The summed E-state index contributed by atoms with van der Waals surface area (Å²) in [6.45, 7) is 1.82. The molecule has 0 aliphatic rings. The third kappa shape index (κ3) is 2.89. The summed E-state index contributed by atoms with van der Waals surface area (Å²) in [5.41, 5.74) is 3.30. The van der Waals surface area contributed by atoms with Gasteiger partial charge in [0, 0.05) is 5.56 Å². The minimum atomic E-state index is -3.67. The maximum absolute atomic E-state index is 11.7. The molecule has 0 aliphatic heterocycles. The summed E-state index contributed by atoms with van der Waals surface area (Å²) >= 11 is 0. The van der Waals surface area contributed by atoms with E-state index in [0.29, 0.717) is 5.76 Å². The van der Waals surface area contributed by atoms with Gasteiger partial charge in [-0.1, -0.05) is 47.6 Å². The molecule has 1 heterocycles. The minimum Gasteiger partial charge on any atom is -0.360 e. The largest absolute Gasteiger partial charge is 0.360 e. The normalized spacial score (nSPS) is 11.6. The standard InChI is InChI=1S/C16H15N3O3S/c1-11-15(16(18-22-11)13-5-3-2-4-6-13)12-7-9-14(10-8-12)23(20,21)19-17/h2-10,19H,17H2,1H3. The first-order valence-electron chi connectivity index (χ1n) is 6.87. The van der Waals surface area contributed by atoms with Crippen LogP contribution in [-0.2, 0) is 10.0 Å². The highest BCUT2D eigenvalue weighted by atomic mass is 32.2. The number of hydrazine groups is 1. The summed E-state index contributed by atoms with van der Waals surface area (Å²) in [7, 11) is -3.67. The molecule has 23 heavy (non-hydrogen) atoms. The molecule has 7 heteroatoms. The van der Waals surface area contributed by atoms with E-state index in [0.717, 1.165) is 22.4 Å². The lowest BCUT2D eigenvalue weighted by Crippen LogP contribution is -2.30. The topological polar surface area (TPSA) is 98.2 Å². The number of benzene rings is 2. The van der Waals surface area contributed by atoms with Crippen molar-refractivity contribution in [3.05, 3.63) is 60.4 Å². The van der Waals surface area contributed by atoms with Crippen molar-refractivity contribution in [2.45, 2.75) is 11.8 Å². The van der Waals surface area contributed by atoms with Crippen molar-refractivity contribution in [3.8, 4) is 22.4 Å². The molecule has 3 aromatic rings. The van der Waals surface area contributed by atoms with Crippen molar-refractivity contribution in [1.82, 2.24) is 9.99 Å². The zero-order valence-corrected chi connectivity index (χ0v) is 13.2. The van der Waals surface area contributed by atoms with Crippen LogP contribution in [0.25, 0.3) is 22.4 Å². The van der Waals surface area contributed by atoms with Crippen molar-refractivity contribution in [3.63, 3.8) is 0 Å². The number of aromatic nitrogens is 1. The van der Waals surface area contributed by atoms with Gasteiger partial charge in [-0.25, -0.2) is 8.42 Å². The molecule has 0 atom stereocenters. The summed E-state index contributed by atoms with van der Waals surface area (Å²) in [4.78, 5) is 1.90. The molecular formula is C16H15N3O3S. The van der Waals surface area contributed by atoms with Crippen molar-refractivity contribution >= 4 is 10.0 Å². The summed E-state index contributed by atoms with van der Waals surface area (Å²) in [6, 6.07) is 16.0.